The minimum absolute atomic E-state index is 0.381. The molecule has 0 aromatic rings. The Balaban J connectivity index is 1.99. The maximum atomic E-state index is 5.50. The number of ether oxygens (including phenoxy) is 1. The molecule has 0 aromatic carbocycles. The van der Waals surface area contributed by atoms with Crippen molar-refractivity contribution in [2.45, 2.75) is 58.7 Å². The average molecular weight is 185 g/mol. The standard InChI is InChI=1S/C11H23NO/c1-9(2)13-7-5-6-12-10(3)8-11(12)4/h9-11H,5-8H2,1-4H3. The Labute approximate surface area is 82.3 Å². The van der Waals surface area contributed by atoms with E-state index in [1.807, 2.05) is 0 Å². The normalized spacial score (nSPS) is 29.3. The number of rotatable bonds is 5. The largest absolute Gasteiger partial charge is 0.379 e. The van der Waals surface area contributed by atoms with Gasteiger partial charge < -0.3 is 4.74 Å². The molecule has 0 radical (unpaired) electrons. The van der Waals surface area contributed by atoms with Crippen molar-refractivity contribution in [3.05, 3.63) is 0 Å². The maximum Gasteiger partial charge on any atom is 0.0518 e. The molecule has 0 aliphatic carbocycles. The van der Waals surface area contributed by atoms with Gasteiger partial charge in [0.2, 0.25) is 0 Å². The average Bonchev–Trinajstić information content (AvgIpc) is 2.03. The fourth-order valence-electron chi connectivity index (χ4n) is 2.07. The Morgan fingerprint density at radius 3 is 2.38 bits per heavy atom. The first-order chi connectivity index (χ1) is 6.11. The molecule has 0 bridgehead atoms. The Morgan fingerprint density at radius 2 is 1.92 bits per heavy atom. The second kappa shape index (κ2) is 4.97. The molecule has 2 atom stereocenters. The van der Waals surface area contributed by atoms with Crippen LogP contribution in [0.5, 0.6) is 0 Å². The minimum Gasteiger partial charge on any atom is -0.379 e. The summed E-state index contributed by atoms with van der Waals surface area (Å²) in [7, 11) is 0. The van der Waals surface area contributed by atoms with Gasteiger partial charge in [0, 0.05) is 25.2 Å². The Hall–Kier alpha value is -0.0800. The number of nitrogens with zero attached hydrogens (tertiary/aromatic N) is 1. The molecule has 0 amide bonds. The van der Waals surface area contributed by atoms with Gasteiger partial charge in [0.1, 0.15) is 0 Å². The van der Waals surface area contributed by atoms with Crippen molar-refractivity contribution < 1.29 is 4.74 Å². The van der Waals surface area contributed by atoms with Gasteiger partial charge >= 0.3 is 0 Å². The van der Waals surface area contributed by atoms with Gasteiger partial charge in [-0.15, -0.1) is 0 Å². The highest BCUT2D eigenvalue weighted by atomic mass is 16.5. The predicted octanol–water partition coefficient (Wildman–Crippen LogP) is 2.28. The van der Waals surface area contributed by atoms with Gasteiger partial charge in [-0.05, 0) is 40.5 Å². The monoisotopic (exact) mass is 185 g/mol. The van der Waals surface area contributed by atoms with Crippen molar-refractivity contribution >= 4 is 0 Å². The molecule has 0 aromatic heterocycles. The van der Waals surface area contributed by atoms with E-state index in [0.717, 1.165) is 18.7 Å². The third kappa shape index (κ3) is 3.28. The summed E-state index contributed by atoms with van der Waals surface area (Å²) in [6.45, 7) is 10.9. The summed E-state index contributed by atoms with van der Waals surface area (Å²) >= 11 is 0. The van der Waals surface area contributed by atoms with Crippen LogP contribution >= 0.6 is 0 Å². The van der Waals surface area contributed by atoms with Gasteiger partial charge in [0.05, 0.1) is 6.10 Å². The van der Waals surface area contributed by atoms with Crippen LogP contribution in [0.4, 0.5) is 0 Å². The summed E-state index contributed by atoms with van der Waals surface area (Å²) in [5.41, 5.74) is 0. The predicted molar refractivity (Wildman–Crippen MR) is 56.0 cm³/mol. The Kier molecular flexibility index (Phi) is 4.20. The molecule has 1 rings (SSSR count). The Bertz CT molecular complexity index is 139. The van der Waals surface area contributed by atoms with Crippen LogP contribution in [-0.4, -0.2) is 36.2 Å². The SMILES string of the molecule is CC(C)OCCCN1C(C)CC1C. The summed E-state index contributed by atoms with van der Waals surface area (Å²) in [5.74, 6) is 0. The molecule has 13 heavy (non-hydrogen) atoms. The van der Waals surface area contributed by atoms with Gasteiger partial charge in [-0.1, -0.05) is 0 Å². The van der Waals surface area contributed by atoms with E-state index in [9.17, 15) is 0 Å². The van der Waals surface area contributed by atoms with Gasteiger partial charge in [-0.3, -0.25) is 4.90 Å². The third-order valence-electron chi connectivity index (χ3n) is 2.83. The van der Waals surface area contributed by atoms with E-state index in [2.05, 4.69) is 32.6 Å². The molecule has 0 spiro atoms. The Morgan fingerprint density at radius 1 is 1.31 bits per heavy atom. The van der Waals surface area contributed by atoms with Crippen LogP contribution in [-0.2, 0) is 4.74 Å². The molecule has 0 N–H and O–H groups in total. The van der Waals surface area contributed by atoms with E-state index >= 15 is 0 Å². The van der Waals surface area contributed by atoms with Crippen molar-refractivity contribution in [1.82, 2.24) is 4.90 Å². The zero-order valence-corrected chi connectivity index (χ0v) is 9.42. The zero-order chi connectivity index (χ0) is 9.84. The minimum atomic E-state index is 0.381. The van der Waals surface area contributed by atoms with Gasteiger partial charge in [-0.25, -0.2) is 0 Å². The van der Waals surface area contributed by atoms with E-state index in [0.29, 0.717) is 6.10 Å². The second-order valence-corrected chi connectivity index (χ2v) is 4.44. The van der Waals surface area contributed by atoms with Crippen LogP contribution in [0.15, 0.2) is 0 Å². The number of hydrogen-bond acceptors (Lipinski definition) is 2. The van der Waals surface area contributed by atoms with E-state index in [-0.39, 0.29) is 0 Å². The molecule has 2 heteroatoms. The van der Waals surface area contributed by atoms with Gasteiger partial charge in [0.25, 0.3) is 0 Å². The molecule has 0 saturated carbocycles. The topological polar surface area (TPSA) is 12.5 Å². The van der Waals surface area contributed by atoms with Crippen molar-refractivity contribution in [1.29, 1.82) is 0 Å². The number of likely N-dealkylation sites (tertiary alicyclic amines) is 1. The van der Waals surface area contributed by atoms with Gasteiger partial charge in [-0.2, -0.15) is 0 Å². The molecule has 1 fully saturated rings. The lowest BCUT2D eigenvalue weighted by atomic mass is 9.95. The molecule has 1 heterocycles. The number of hydrogen-bond donors (Lipinski definition) is 0. The fraction of sp³-hybridized carbons (Fsp3) is 1.00. The first-order valence-corrected chi connectivity index (χ1v) is 5.48. The first-order valence-electron chi connectivity index (χ1n) is 5.48. The summed E-state index contributed by atoms with van der Waals surface area (Å²) < 4.78 is 5.50. The summed E-state index contributed by atoms with van der Waals surface area (Å²) in [6, 6.07) is 1.60. The summed E-state index contributed by atoms with van der Waals surface area (Å²) in [4.78, 5) is 2.56. The highest BCUT2D eigenvalue weighted by molar-refractivity contribution is 4.86. The summed E-state index contributed by atoms with van der Waals surface area (Å²) in [5, 5.41) is 0. The molecular formula is C11H23NO. The first kappa shape index (κ1) is 11.0. The van der Waals surface area contributed by atoms with Crippen LogP contribution in [0.1, 0.15) is 40.5 Å². The second-order valence-electron chi connectivity index (χ2n) is 4.44. The van der Waals surface area contributed by atoms with Crippen LogP contribution in [0.25, 0.3) is 0 Å². The fourth-order valence-corrected chi connectivity index (χ4v) is 2.07. The third-order valence-corrected chi connectivity index (χ3v) is 2.83. The highest BCUT2D eigenvalue weighted by Crippen LogP contribution is 2.24. The van der Waals surface area contributed by atoms with E-state index < -0.39 is 0 Å². The van der Waals surface area contributed by atoms with Gasteiger partial charge in [0.15, 0.2) is 0 Å². The summed E-state index contributed by atoms with van der Waals surface area (Å²) in [6.07, 6.45) is 2.92. The van der Waals surface area contributed by atoms with Crippen molar-refractivity contribution in [3.63, 3.8) is 0 Å². The molecule has 1 saturated heterocycles. The smallest absolute Gasteiger partial charge is 0.0518 e. The van der Waals surface area contributed by atoms with E-state index in [4.69, 9.17) is 4.74 Å². The van der Waals surface area contributed by atoms with Crippen LogP contribution < -0.4 is 0 Å². The highest BCUT2D eigenvalue weighted by Gasteiger charge is 2.30. The zero-order valence-electron chi connectivity index (χ0n) is 9.42. The lowest BCUT2D eigenvalue weighted by Gasteiger charge is -2.45. The molecule has 78 valence electrons. The van der Waals surface area contributed by atoms with Crippen LogP contribution in [0.3, 0.4) is 0 Å². The van der Waals surface area contributed by atoms with Crippen molar-refractivity contribution in [3.8, 4) is 0 Å². The van der Waals surface area contributed by atoms with E-state index in [1.165, 1.54) is 19.4 Å². The molecule has 2 nitrogen and oxygen atoms in total. The molecular weight excluding hydrogens is 162 g/mol. The lowest BCUT2D eigenvalue weighted by molar-refractivity contribution is 0.0176. The lowest BCUT2D eigenvalue weighted by Crippen LogP contribution is -2.53. The van der Waals surface area contributed by atoms with E-state index in [1.54, 1.807) is 0 Å². The maximum absolute atomic E-state index is 5.50. The van der Waals surface area contributed by atoms with Crippen LogP contribution in [0, 0.1) is 0 Å². The molecule has 1 aliphatic heterocycles. The van der Waals surface area contributed by atoms with Crippen LogP contribution in [0.2, 0.25) is 0 Å². The quantitative estimate of drug-likeness (QED) is 0.609. The van der Waals surface area contributed by atoms with Crippen molar-refractivity contribution in [2.75, 3.05) is 13.2 Å². The molecule has 2 unspecified atom stereocenters. The van der Waals surface area contributed by atoms with Crippen molar-refractivity contribution in [2.24, 2.45) is 0 Å². The molecule has 1 aliphatic rings.